The lowest BCUT2D eigenvalue weighted by Gasteiger charge is -2.60. The topological polar surface area (TPSA) is 43.7 Å². The number of benzene rings is 1. The summed E-state index contributed by atoms with van der Waals surface area (Å²) >= 11 is 0. The van der Waals surface area contributed by atoms with Crippen molar-refractivity contribution in [3.8, 4) is 0 Å². The van der Waals surface area contributed by atoms with Gasteiger partial charge in [-0.3, -0.25) is 0 Å². The van der Waals surface area contributed by atoms with Crippen LogP contribution in [0.15, 0.2) is 29.8 Å². The third-order valence-corrected chi connectivity index (χ3v) is 10.3. The molecule has 1 aromatic carbocycles. The SMILES string of the molecule is CN(C)c1ccc(/C=C2\C[C@H]3[C@@H]4CC[C@H]5C[C@@H](O)CC[C@]5(C)[C@H]4CC[C@]3(C)[C@@H]2O)cc1. The standard InChI is InChI=1S/C28H41NO2/c1-27-13-11-22(30)17-20(27)7-10-23-24(27)12-14-28(2)25(23)16-19(26(28)31)15-18-5-8-21(9-6-18)29(3)4/h5-6,8-9,15,20,22-26,30-31H,7,10-14,16-17H2,1-4H3/b19-15+/t20-,22-,23+,24-,25-,26+,27-,28-/m0/s1. The van der Waals surface area contributed by atoms with Gasteiger partial charge in [-0.1, -0.05) is 32.1 Å². The summed E-state index contributed by atoms with van der Waals surface area (Å²) in [6.07, 6.45) is 11.1. The first kappa shape index (κ1) is 21.5. The average molecular weight is 424 g/mol. The van der Waals surface area contributed by atoms with Crippen molar-refractivity contribution in [1.82, 2.24) is 0 Å². The highest BCUT2D eigenvalue weighted by Gasteiger charge is 2.61. The molecule has 4 saturated carbocycles. The third kappa shape index (κ3) is 3.38. The number of fused-ring (bicyclic) bond motifs is 5. The first-order chi connectivity index (χ1) is 14.7. The third-order valence-electron chi connectivity index (χ3n) is 10.3. The van der Waals surface area contributed by atoms with Crippen LogP contribution in [0.3, 0.4) is 0 Å². The molecule has 170 valence electrons. The van der Waals surface area contributed by atoms with Gasteiger partial charge in [0.2, 0.25) is 0 Å². The average Bonchev–Trinajstić information content (AvgIpc) is 2.99. The molecule has 4 aliphatic carbocycles. The summed E-state index contributed by atoms with van der Waals surface area (Å²) in [4.78, 5) is 2.12. The van der Waals surface area contributed by atoms with Gasteiger partial charge in [-0.25, -0.2) is 0 Å². The minimum Gasteiger partial charge on any atom is -0.393 e. The van der Waals surface area contributed by atoms with E-state index >= 15 is 0 Å². The molecule has 4 aliphatic rings. The van der Waals surface area contributed by atoms with E-state index in [-0.39, 0.29) is 17.6 Å². The first-order valence-corrected chi connectivity index (χ1v) is 12.6. The Labute approximate surface area is 188 Å². The number of anilines is 1. The highest BCUT2D eigenvalue weighted by Crippen LogP contribution is 2.67. The normalized spacial score (nSPS) is 45.7. The molecule has 3 nitrogen and oxygen atoms in total. The van der Waals surface area contributed by atoms with Gasteiger partial charge < -0.3 is 15.1 Å². The Morgan fingerprint density at radius 1 is 0.903 bits per heavy atom. The van der Waals surface area contributed by atoms with E-state index in [9.17, 15) is 10.2 Å². The molecule has 0 heterocycles. The van der Waals surface area contributed by atoms with E-state index in [1.165, 1.54) is 42.5 Å². The highest BCUT2D eigenvalue weighted by atomic mass is 16.3. The summed E-state index contributed by atoms with van der Waals surface area (Å²) in [5, 5.41) is 21.7. The summed E-state index contributed by atoms with van der Waals surface area (Å²) in [6, 6.07) is 8.69. The van der Waals surface area contributed by atoms with Crippen LogP contribution in [0.25, 0.3) is 6.08 Å². The maximum Gasteiger partial charge on any atom is 0.0809 e. The van der Waals surface area contributed by atoms with Gasteiger partial charge in [0.05, 0.1) is 12.2 Å². The van der Waals surface area contributed by atoms with Gasteiger partial charge in [0.25, 0.3) is 0 Å². The number of aliphatic hydroxyl groups excluding tert-OH is 2. The van der Waals surface area contributed by atoms with E-state index in [0.29, 0.717) is 17.3 Å². The number of rotatable bonds is 2. The molecule has 0 aromatic heterocycles. The summed E-state index contributed by atoms with van der Waals surface area (Å²) < 4.78 is 0. The predicted octanol–water partition coefficient (Wildman–Crippen LogP) is 5.51. The van der Waals surface area contributed by atoms with Gasteiger partial charge in [-0.2, -0.15) is 0 Å². The monoisotopic (exact) mass is 423 g/mol. The predicted molar refractivity (Wildman–Crippen MR) is 128 cm³/mol. The van der Waals surface area contributed by atoms with Crippen LogP contribution in [-0.4, -0.2) is 36.5 Å². The number of hydrogen-bond acceptors (Lipinski definition) is 3. The fourth-order valence-corrected chi connectivity index (χ4v) is 8.32. The van der Waals surface area contributed by atoms with Crippen molar-refractivity contribution in [2.75, 3.05) is 19.0 Å². The second-order valence-corrected chi connectivity index (χ2v) is 11.9. The van der Waals surface area contributed by atoms with E-state index in [4.69, 9.17) is 0 Å². The molecule has 31 heavy (non-hydrogen) atoms. The number of nitrogens with zero attached hydrogens (tertiary/aromatic N) is 1. The summed E-state index contributed by atoms with van der Waals surface area (Å²) in [7, 11) is 4.14. The van der Waals surface area contributed by atoms with Crippen molar-refractivity contribution in [2.24, 2.45) is 34.5 Å². The van der Waals surface area contributed by atoms with Crippen LogP contribution in [0.5, 0.6) is 0 Å². The van der Waals surface area contributed by atoms with Crippen LogP contribution in [0.2, 0.25) is 0 Å². The molecule has 3 heteroatoms. The van der Waals surface area contributed by atoms with E-state index in [0.717, 1.165) is 37.5 Å². The molecule has 0 saturated heterocycles. The molecule has 0 spiro atoms. The van der Waals surface area contributed by atoms with Crippen LogP contribution in [-0.2, 0) is 0 Å². The molecule has 0 bridgehead atoms. The Hall–Kier alpha value is -1.32. The Bertz CT molecular complexity index is 845. The fraction of sp³-hybridized carbons (Fsp3) is 0.714. The largest absolute Gasteiger partial charge is 0.393 e. The lowest BCUT2D eigenvalue weighted by atomic mass is 9.45. The Balaban J connectivity index is 1.40. The Kier molecular flexibility index (Phi) is 5.29. The van der Waals surface area contributed by atoms with Crippen LogP contribution < -0.4 is 4.90 Å². The van der Waals surface area contributed by atoms with Crippen molar-refractivity contribution in [3.05, 3.63) is 35.4 Å². The molecule has 0 aliphatic heterocycles. The summed E-state index contributed by atoms with van der Waals surface area (Å²) in [5.74, 6) is 2.78. The fourth-order valence-electron chi connectivity index (χ4n) is 8.32. The zero-order valence-electron chi connectivity index (χ0n) is 19.8. The van der Waals surface area contributed by atoms with Gasteiger partial charge in [-0.05, 0) is 104 Å². The molecule has 0 unspecified atom stereocenters. The maximum atomic E-state index is 11.5. The van der Waals surface area contributed by atoms with Crippen molar-refractivity contribution >= 4 is 11.8 Å². The molecule has 1 aromatic rings. The van der Waals surface area contributed by atoms with Crippen molar-refractivity contribution in [1.29, 1.82) is 0 Å². The smallest absolute Gasteiger partial charge is 0.0809 e. The second-order valence-electron chi connectivity index (χ2n) is 11.9. The minimum absolute atomic E-state index is 0.0218. The van der Waals surface area contributed by atoms with Crippen LogP contribution in [0.4, 0.5) is 5.69 Å². The number of hydrogen-bond donors (Lipinski definition) is 2. The summed E-state index contributed by atoms with van der Waals surface area (Å²) in [5.41, 5.74) is 4.07. The van der Waals surface area contributed by atoms with Gasteiger partial charge >= 0.3 is 0 Å². The molecule has 5 rings (SSSR count). The van der Waals surface area contributed by atoms with E-state index < -0.39 is 0 Å². The summed E-state index contributed by atoms with van der Waals surface area (Å²) in [6.45, 7) is 4.91. The van der Waals surface area contributed by atoms with Crippen LogP contribution in [0, 0.1) is 34.5 Å². The molecule has 8 atom stereocenters. The quantitative estimate of drug-likeness (QED) is 0.659. The van der Waals surface area contributed by atoms with E-state index in [2.05, 4.69) is 63.2 Å². The van der Waals surface area contributed by atoms with Crippen LogP contribution >= 0.6 is 0 Å². The van der Waals surface area contributed by atoms with Gasteiger partial charge in [0, 0.05) is 25.2 Å². The zero-order valence-corrected chi connectivity index (χ0v) is 19.8. The number of aliphatic hydroxyl groups is 2. The van der Waals surface area contributed by atoms with E-state index in [1.54, 1.807) is 0 Å². The van der Waals surface area contributed by atoms with Gasteiger partial charge in [0.1, 0.15) is 0 Å². The lowest BCUT2D eigenvalue weighted by molar-refractivity contribution is -0.133. The second kappa shape index (κ2) is 7.63. The Morgan fingerprint density at radius 3 is 2.32 bits per heavy atom. The minimum atomic E-state index is -0.314. The Morgan fingerprint density at radius 2 is 1.61 bits per heavy atom. The lowest BCUT2D eigenvalue weighted by Crippen LogP contribution is -2.54. The van der Waals surface area contributed by atoms with E-state index in [1.807, 2.05) is 0 Å². The zero-order chi connectivity index (χ0) is 22.0. The molecule has 0 radical (unpaired) electrons. The van der Waals surface area contributed by atoms with Crippen molar-refractivity contribution in [2.45, 2.75) is 77.4 Å². The first-order valence-electron chi connectivity index (χ1n) is 12.6. The molecule has 0 amide bonds. The highest BCUT2D eigenvalue weighted by molar-refractivity contribution is 5.59. The molecular weight excluding hydrogens is 382 g/mol. The maximum absolute atomic E-state index is 11.5. The van der Waals surface area contributed by atoms with Crippen LogP contribution in [0.1, 0.15) is 70.8 Å². The van der Waals surface area contributed by atoms with Gasteiger partial charge in [0.15, 0.2) is 0 Å². The molecule has 2 N–H and O–H groups in total. The van der Waals surface area contributed by atoms with Crippen molar-refractivity contribution < 1.29 is 10.2 Å². The van der Waals surface area contributed by atoms with Gasteiger partial charge in [-0.15, -0.1) is 0 Å². The molecule has 4 fully saturated rings. The van der Waals surface area contributed by atoms with Crippen molar-refractivity contribution in [3.63, 3.8) is 0 Å². The molecular formula is C28H41NO2.